The highest BCUT2D eigenvalue weighted by molar-refractivity contribution is 5.25. The van der Waals surface area contributed by atoms with Crippen LogP contribution in [0, 0.1) is 35.3 Å². The van der Waals surface area contributed by atoms with Crippen molar-refractivity contribution >= 4 is 0 Å². The second-order valence-corrected chi connectivity index (χ2v) is 9.85. The van der Waals surface area contributed by atoms with Crippen molar-refractivity contribution in [2.75, 3.05) is 0 Å². The lowest BCUT2D eigenvalue weighted by molar-refractivity contribution is -0.00856. The number of halogens is 2. The maximum absolute atomic E-state index is 14.1. The van der Waals surface area contributed by atoms with Crippen LogP contribution in [0.25, 0.3) is 0 Å². The SMILES string of the molecule is NC1C2CC3CC(C2)CC1C3.OC(Cn1cncn1)(Cn1cncn1)c1ccc(F)cc1F. The summed E-state index contributed by atoms with van der Waals surface area (Å²) in [5.41, 5.74) is 4.42. The molecule has 0 atom stereocenters. The van der Waals surface area contributed by atoms with Gasteiger partial charge in [-0.2, -0.15) is 10.2 Å². The average molecular weight is 458 g/mol. The topological polar surface area (TPSA) is 108 Å². The van der Waals surface area contributed by atoms with Gasteiger partial charge >= 0.3 is 0 Å². The van der Waals surface area contributed by atoms with Crippen molar-refractivity contribution in [2.24, 2.45) is 29.4 Å². The summed E-state index contributed by atoms with van der Waals surface area (Å²) < 4.78 is 29.9. The zero-order chi connectivity index (χ0) is 23.0. The number of hydrogen-bond donors (Lipinski definition) is 2. The molecule has 0 radical (unpaired) electrons. The quantitative estimate of drug-likeness (QED) is 0.610. The molecule has 0 aliphatic heterocycles. The van der Waals surface area contributed by atoms with E-state index in [1.165, 1.54) is 66.4 Å². The van der Waals surface area contributed by atoms with Crippen molar-refractivity contribution in [3.8, 4) is 0 Å². The van der Waals surface area contributed by atoms with Gasteiger partial charge in [0, 0.05) is 17.7 Å². The molecule has 176 valence electrons. The maximum Gasteiger partial charge on any atom is 0.137 e. The summed E-state index contributed by atoms with van der Waals surface area (Å²) in [7, 11) is 0. The van der Waals surface area contributed by atoms with Crippen molar-refractivity contribution in [1.29, 1.82) is 0 Å². The predicted molar refractivity (Wildman–Crippen MR) is 115 cm³/mol. The molecule has 4 aliphatic rings. The highest BCUT2D eigenvalue weighted by Gasteiger charge is 2.46. The highest BCUT2D eigenvalue weighted by atomic mass is 19.1. The third-order valence-electron chi connectivity index (χ3n) is 7.51. The van der Waals surface area contributed by atoms with Gasteiger partial charge in [-0.15, -0.1) is 0 Å². The Kier molecular flexibility index (Phi) is 5.96. The third-order valence-corrected chi connectivity index (χ3v) is 7.51. The summed E-state index contributed by atoms with van der Waals surface area (Å²) in [5.74, 6) is 2.44. The summed E-state index contributed by atoms with van der Waals surface area (Å²) in [6.07, 6.45) is 12.8. The van der Waals surface area contributed by atoms with Crippen LogP contribution in [0.3, 0.4) is 0 Å². The molecule has 0 amide bonds. The molecule has 3 N–H and O–H groups in total. The van der Waals surface area contributed by atoms with Crippen molar-refractivity contribution in [3.63, 3.8) is 0 Å². The lowest BCUT2D eigenvalue weighted by atomic mass is 9.54. The van der Waals surface area contributed by atoms with Gasteiger partial charge in [-0.05, 0) is 61.8 Å². The van der Waals surface area contributed by atoms with Crippen LogP contribution >= 0.6 is 0 Å². The van der Waals surface area contributed by atoms with Gasteiger partial charge in [0.1, 0.15) is 42.5 Å². The van der Waals surface area contributed by atoms with Crippen LogP contribution in [0.15, 0.2) is 43.5 Å². The summed E-state index contributed by atoms with van der Waals surface area (Å²) in [4.78, 5) is 7.57. The Balaban J connectivity index is 0.000000171. The number of nitrogens with two attached hydrogens (primary N) is 1. The lowest BCUT2D eigenvalue weighted by Gasteiger charge is -2.53. The van der Waals surface area contributed by atoms with Crippen LogP contribution in [-0.2, 0) is 18.7 Å². The Morgan fingerprint density at radius 3 is 1.91 bits per heavy atom. The van der Waals surface area contributed by atoms with E-state index in [4.69, 9.17) is 5.73 Å². The Morgan fingerprint density at radius 2 is 1.45 bits per heavy atom. The van der Waals surface area contributed by atoms with Crippen LogP contribution in [0.4, 0.5) is 8.78 Å². The van der Waals surface area contributed by atoms with E-state index in [0.29, 0.717) is 6.04 Å². The number of aromatic nitrogens is 6. The predicted octanol–water partition coefficient (Wildman–Crippen LogP) is 2.51. The smallest absolute Gasteiger partial charge is 0.137 e. The van der Waals surface area contributed by atoms with E-state index in [2.05, 4.69) is 20.2 Å². The average Bonchev–Trinajstić information content (AvgIpc) is 3.46. The van der Waals surface area contributed by atoms with E-state index in [-0.39, 0.29) is 18.7 Å². The number of hydrogen-bond acceptors (Lipinski definition) is 6. The van der Waals surface area contributed by atoms with Gasteiger partial charge in [-0.3, -0.25) is 0 Å². The van der Waals surface area contributed by atoms with Crippen molar-refractivity contribution < 1.29 is 13.9 Å². The summed E-state index contributed by atoms with van der Waals surface area (Å²) in [6.45, 7) is -0.148. The van der Waals surface area contributed by atoms with Crippen LogP contribution in [0.2, 0.25) is 0 Å². The zero-order valence-corrected chi connectivity index (χ0v) is 18.3. The fourth-order valence-electron chi connectivity index (χ4n) is 6.22. The van der Waals surface area contributed by atoms with Crippen molar-refractivity contribution in [2.45, 2.75) is 56.8 Å². The number of rotatable bonds is 5. The molecule has 7 rings (SSSR count). The molecule has 2 heterocycles. The molecule has 1 aromatic carbocycles. The summed E-state index contributed by atoms with van der Waals surface area (Å²) in [6, 6.07) is 3.61. The minimum atomic E-state index is -1.70. The molecule has 4 fully saturated rings. The first-order valence-corrected chi connectivity index (χ1v) is 11.5. The van der Waals surface area contributed by atoms with Gasteiger partial charge in [0.25, 0.3) is 0 Å². The Bertz CT molecular complexity index is 993. The van der Waals surface area contributed by atoms with Gasteiger partial charge in [0.05, 0.1) is 13.1 Å². The molecule has 4 saturated carbocycles. The Morgan fingerprint density at radius 1 is 0.909 bits per heavy atom. The third kappa shape index (κ3) is 4.67. The maximum atomic E-state index is 14.1. The van der Waals surface area contributed by atoms with Gasteiger partial charge in [-0.1, -0.05) is 6.07 Å². The van der Waals surface area contributed by atoms with Crippen LogP contribution in [-0.4, -0.2) is 40.7 Å². The van der Waals surface area contributed by atoms with E-state index in [9.17, 15) is 13.9 Å². The van der Waals surface area contributed by atoms with E-state index in [0.717, 1.165) is 35.8 Å². The first-order chi connectivity index (χ1) is 15.9. The second kappa shape index (κ2) is 8.90. The molecule has 2 aromatic heterocycles. The first kappa shape index (κ1) is 22.1. The number of nitrogens with zero attached hydrogens (tertiary/aromatic N) is 6. The lowest BCUT2D eigenvalue weighted by Crippen LogP contribution is -2.52. The van der Waals surface area contributed by atoms with Gasteiger partial charge in [-0.25, -0.2) is 28.1 Å². The van der Waals surface area contributed by atoms with E-state index < -0.39 is 17.2 Å². The molecule has 4 bridgehead atoms. The molecule has 8 nitrogen and oxygen atoms in total. The molecule has 0 saturated heterocycles. The monoisotopic (exact) mass is 457 g/mol. The molecule has 33 heavy (non-hydrogen) atoms. The largest absolute Gasteiger partial charge is 0.381 e. The minimum absolute atomic E-state index is 0.0556. The van der Waals surface area contributed by atoms with Crippen LogP contribution in [0.1, 0.15) is 37.7 Å². The van der Waals surface area contributed by atoms with Gasteiger partial charge < -0.3 is 10.8 Å². The van der Waals surface area contributed by atoms with E-state index in [1.807, 2.05) is 0 Å². The van der Waals surface area contributed by atoms with E-state index in [1.54, 1.807) is 6.42 Å². The normalized spacial score (nSPS) is 27.9. The van der Waals surface area contributed by atoms with Crippen molar-refractivity contribution in [3.05, 3.63) is 60.7 Å². The second-order valence-electron chi connectivity index (χ2n) is 9.85. The van der Waals surface area contributed by atoms with Gasteiger partial charge in [0.2, 0.25) is 0 Å². The number of benzene rings is 1. The minimum Gasteiger partial charge on any atom is -0.381 e. The Hall–Kier alpha value is -2.72. The molecule has 4 aliphatic carbocycles. The molecular formula is C23H29F2N7O. The molecule has 3 aromatic rings. The van der Waals surface area contributed by atoms with E-state index >= 15 is 0 Å². The zero-order valence-electron chi connectivity index (χ0n) is 18.3. The number of aliphatic hydroxyl groups is 1. The summed E-state index contributed by atoms with van der Waals surface area (Å²) >= 11 is 0. The van der Waals surface area contributed by atoms with Gasteiger partial charge in [0.15, 0.2) is 0 Å². The molecule has 0 unspecified atom stereocenters. The molecular weight excluding hydrogens is 428 g/mol. The first-order valence-electron chi connectivity index (χ1n) is 11.5. The van der Waals surface area contributed by atoms with Crippen LogP contribution in [0.5, 0.6) is 0 Å². The van der Waals surface area contributed by atoms with Crippen LogP contribution < -0.4 is 5.73 Å². The fourth-order valence-corrected chi connectivity index (χ4v) is 6.22. The highest BCUT2D eigenvalue weighted by Crippen LogP contribution is 2.52. The molecule has 10 heteroatoms. The summed E-state index contributed by atoms with van der Waals surface area (Å²) in [5, 5.41) is 18.8. The Labute approximate surface area is 190 Å². The standard InChI is InChI=1S/C13H12F2N6O.C10H17N/c14-10-1-2-11(12(15)3-10)13(22,4-20-8-16-6-18-20)5-21-9-17-7-19-21;11-10-8-2-6-1-7(4-8)5-9(10)3-6/h1-3,6-9,22H,4-5H2;6-10H,1-5,11H2. The fraction of sp³-hybridized carbons (Fsp3) is 0.565. The molecule has 0 spiro atoms. The van der Waals surface area contributed by atoms with Crippen molar-refractivity contribution in [1.82, 2.24) is 29.5 Å².